The van der Waals surface area contributed by atoms with Crippen LogP contribution in [0.1, 0.15) is 32.3 Å². The zero-order valence-electron chi connectivity index (χ0n) is 14.5. The number of rotatable bonds is 9. The van der Waals surface area contributed by atoms with Crippen LogP contribution in [0.5, 0.6) is 0 Å². The van der Waals surface area contributed by atoms with E-state index in [4.69, 9.17) is 19.9 Å². The van der Waals surface area contributed by atoms with Gasteiger partial charge in [-0.1, -0.05) is 12.1 Å². The van der Waals surface area contributed by atoms with Gasteiger partial charge in [0.1, 0.15) is 6.10 Å². The van der Waals surface area contributed by atoms with Gasteiger partial charge in [-0.3, -0.25) is 4.79 Å². The molecule has 0 saturated carbocycles. The van der Waals surface area contributed by atoms with E-state index in [1.54, 1.807) is 0 Å². The molecule has 1 aliphatic heterocycles. The van der Waals surface area contributed by atoms with E-state index in [-0.39, 0.29) is 18.1 Å². The van der Waals surface area contributed by atoms with E-state index in [9.17, 15) is 4.79 Å². The lowest BCUT2D eigenvalue weighted by atomic mass is 10.1. The predicted octanol–water partition coefficient (Wildman–Crippen LogP) is 2.07. The molecular formula is C18H28N2O4. The highest BCUT2D eigenvalue weighted by atomic mass is 16.5. The van der Waals surface area contributed by atoms with Crippen LogP contribution in [0.15, 0.2) is 24.3 Å². The average molecular weight is 336 g/mol. The van der Waals surface area contributed by atoms with Gasteiger partial charge < -0.3 is 25.3 Å². The minimum atomic E-state index is -0.411. The number of ether oxygens (including phenoxy) is 3. The fourth-order valence-electron chi connectivity index (χ4n) is 2.57. The molecule has 134 valence electrons. The van der Waals surface area contributed by atoms with Crippen LogP contribution < -0.4 is 11.1 Å². The Morgan fingerprint density at radius 1 is 1.38 bits per heavy atom. The van der Waals surface area contributed by atoms with E-state index in [2.05, 4.69) is 5.32 Å². The minimum Gasteiger partial charge on any atom is -0.376 e. The molecule has 1 heterocycles. The molecule has 1 aromatic carbocycles. The van der Waals surface area contributed by atoms with Crippen LogP contribution in [0.3, 0.4) is 0 Å². The highest BCUT2D eigenvalue weighted by Crippen LogP contribution is 2.21. The molecule has 1 saturated heterocycles. The van der Waals surface area contributed by atoms with Gasteiger partial charge in [-0.05, 0) is 44.4 Å². The summed E-state index contributed by atoms with van der Waals surface area (Å²) in [4.78, 5) is 12.2. The van der Waals surface area contributed by atoms with Crippen molar-refractivity contribution < 1.29 is 19.0 Å². The smallest absolute Gasteiger partial charge is 0.253 e. The van der Waals surface area contributed by atoms with Gasteiger partial charge in [0, 0.05) is 12.2 Å². The second-order valence-electron chi connectivity index (χ2n) is 6.22. The topological polar surface area (TPSA) is 82.8 Å². The number of benzene rings is 1. The maximum atomic E-state index is 12.2. The van der Waals surface area contributed by atoms with Gasteiger partial charge in [0.05, 0.1) is 32.0 Å². The Hall–Kier alpha value is -1.47. The number of carbonyl (C=O) groups excluding carboxylic acids is 1. The van der Waals surface area contributed by atoms with Crippen LogP contribution in [0.25, 0.3) is 0 Å². The monoisotopic (exact) mass is 336 g/mol. The van der Waals surface area contributed by atoms with E-state index in [1.807, 2.05) is 38.1 Å². The molecule has 1 aliphatic rings. The van der Waals surface area contributed by atoms with Gasteiger partial charge in [0.2, 0.25) is 0 Å². The van der Waals surface area contributed by atoms with Crippen LogP contribution in [0.4, 0.5) is 5.69 Å². The third-order valence-electron chi connectivity index (χ3n) is 3.80. The van der Waals surface area contributed by atoms with Gasteiger partial charge in [-0.25, -0.2) is 0 Å². The van der Waals surface area contributed by atoms with Crippen LogP contribution in [-0.2, 0) is 25.6 Å². The Labute approximate surface area is 143 Å². The summed E-state index contributed by atoms with van der Waals surface area (Å²) in [7, 11) is 0. The summed E-state index contributed by atoms with van der Waals surface area (Å²) < 4.78 is 16.6. The van der Waals surface area contributed by atoms with Crippen molar-refractivity contribution in [1.82, 2.24) is 0 Å². The first-order valence-corrected chi connectivity index (χ1v) is 8.53. The highest BCUT2D eigenvalue weighted by molar-refractivity contribution is 5.94. The van der Waals surface area contributed by atoms with E-state index < -0.39 is 6.10 Å². The molecule has 1 aromatic rings. The molecule has 6 heteroatoms. The average Bonchev–Trinajstić information content (AvgIpc) is 3.04. The van der Waals surface area contributed by atoms with E-state index in [0.717, 1.165) is 17.7 Å². The second-order valence-corrected chi connectivity index (χ2v) is 6.22. The van der Waals surface area contributed by atoms with Crippen molar-refractivity contribution in [3.05, 3.63) is 29.8 Å². The molecular weight excluding hydrogens is 308 g/mol. The van der Waals surface area contributed by atoms with Crippen molar-refractivity contribution in [3.63, 3.8) is 0 Å². The third kappa shape index (κ3) is 6.20. The van der Waals surface area contributed by atoms with Crippen molar-refractivity contribution in [1.29, 1.82) is 0 Å². The third-order valence-corrected chi connectivity index (χ3v) is 3.80. The van der Waals surface area contributed by atoms with E-state index >= 15 is 0 Å². The zero-order valence-corrected chi connectivity index (χ0v) is 14.5. The van der Waals surface area contributed by atoms with E-state index in [0.29, 0.717) is 32.8 Å². The molecule has 2 rings (SSSR count). The molecule has 0 bridgehead atoms. The Kier molecular flexibility index (Phi) is 7.65. The fraction of sp³-hybridized carbons (Fsp3) is 0.611. The summed E-state index contributed by atoms with van der Waals surface area (Å²) in [6.07, 6.45) is 1.34. The molecule has 1 fully saturated rings. The molecule has 0 radical (unpaired) electrons. The SMILES string of the molecule is CC(C)OCCOCc1cccc(NC(=O)[C@@H]2CC[C@H](CN)O2)c1. The molecule has 0 aliphatic carbocycles. The molecule has 24 heavy (non-hydrogen) atoms. The van der Waals surface area contributed by atoms with Crippen LogP contribution in [0.2, 0.25) is 0 Å². The predicted molar refractivity (Wildman–Crippen MR) is 92.8 cm³/mol. The number of nitrogens with one attached hydrogen (secondary N) is 1. The van der Waals surface area contributed by atoms with E-state index in [1.165, 1.54) is 0 Å². The standard InChI is InChI=1S/C18H28N2O4/c1-13(2)23-9-8-22-12-14-4-3-5-15(10-14)20-18(21)17-7-6-16(11-19)24-17/h3-5,10,13,16-17H,6-9,11-12,19H2,1-2H3,(H,20,21)/t16-,17+/m1/s1. The summed E-state index contributed by atoms with van der Waals surface area (Å²) in [5.41, 5.74) is 7.33. The maximum absolute atomic E-state index is 12.2. The first-order chi connectivity index (χ1) is 11.6. The molecule has 1 amide bonds. The number of hydrogen-bond acceptors (Lipinski definition) is 5. The van der Waals surface area contributed by atoms with Crippen molar-refractivity contribution in [2.45, 2.75) is 51.6 Å². The van der Waals surface area contributed by atoms with Crippen molar-refractivity contribution in [3.8, 4) is 0 Å². The van der Waals surface area contributed by atoms with Gasteiger partial charge in [-0.2, -0.15) is 0 Å². The van der Waals surface area contributed by atoms with Crippen LogP contribution >= 0.6 is 0 Å². The number of carbonyl (C=O) groups is 1. The second kappa shape index (κ2) is 9.74. The molecule has 2 atom stereocenters. The lowest BCUT2D eigenvalue weighted by Gasteiger charge is -2.13. The molecule has 6 nitrogen and oxygen atoms in total. The Morgan fingerprint density at radius 3 is 2.92 bits per heavy atom. The molecule has 3 N–H and O–H groups in total. The first kappa shape index (κ1) is 18.9. The molecule has 0 spiro atoms. The quantitative estimate of drug-likeness (QED) is 0.675. The van der Waals surface area contributed by atoms with Gasteiger partial charge in [0.25, 0.3) is 5.91 Å². The van der Waals surface area contributed by atoms with Gasteiger partial charge in [-0.15, -0.1) is 0 Å². The zero-order chi connectivity index (χ0) is 17.4. The van der Waals surface area contributed by atoms with Crippen molar-refractivity contribution in [2.75, 3.05) is 25.1 Å². The van der Waals surface area contributed by atoms with Crippen molar-refractivity contribution >= 4 is 11.6 Å². The summed E-state index contributed by atoms with van der Waals surface area (Å²) in [5, 5.41) is 2.90. The summed E-state index contributed by atoms with van der Waals surface area (Å²) >= 11 is 0. The molecule has 0 unspecified atom stereocenters. The Bertz CT molecular complexity index is 521. The van der Waals surface area contributed by atoms with Gasteiger partial charge >= 0.3 is 0 Å². The van der Waals surface area contributed by atoms with Crippen LogP contribution in [-0.4, -0.2) is 44.0 Å². The summed E-state index contributed by atoms with van der Waals surface area (Å²) in [5.74, 6) is -0.116. The highest BCUT2D eigenvalue weighted by Gasteiger charge is 2.29. The largest absolute Gasteiger partial charge is 0.376 e. The maximum Gasteiger partial charge on any atom is 0.253 e. The lowest BCUT2D eigenvalue weighted by Crippen LogP contribution is -2.29. The molecule has 0 aromatic heterocycles. The fourth-order valence-corrected chi connectivity index (χ4v) is 2.57. The Morgan fingerprint density at radius 2 is 2.21 bits per heavy atom. The van der Waals surface area contributed by atoms with Crippen LogP contribution in [0, 0.1) is 0 Å². The summed E-state index contributed by atoms with van der Waals surface area (Å²) in [6, 6.07) is 7.64. The summed E-state index contributed by atoms with van der Waals surface area (Å²) in [6.45, 7) is 6.06. The van der Waals surface area contributed by atoms with Gasteiger partial charge in [0.15, 0.2) is 0 Å². The number of hydrogen-bond donors (Lipinski definition) is 2. The normalized spacial score (nSPS) is 20.5. The lowest BCUT2D eigenvalue weighted by molar-refractivity contribution is -0.126. The number of amides is 1. The first-order valence-electron chi connectivity index (χ1n) is 8.53. The minimum absolute atomic E-state index is 0.00598. The number of anilines is 1. The van der Waals surface area contributed by atoms with Crippen molar-refractivity contribution in [2.24, 2.45) is 5.73 Å². The number of nitrogens with two attached hydrogens (primary N) is 1. The Balaban J connectivity index is 1.76.